The number of carbonyl (C=O) groups is 1. The van der Waals surface area contributed by atoms with Crippen LogP contribution in [0.15, 0.2) is 36.2 Å². The lowest BCUT2D eigenvalue weighted by atomic mass is 9.93. The minimum Gasteiger partial charge on any atom is -0.396 e. The predicted octanol–water partition coefficient (Wildman–Crippen LogP) is 6.31. The van der Waals surface area contributed by atoms with E-state index in [0.717, 1.165) is 70.3 Å². The highest BCUT2D eigenvalue weighted by atomic mass is 32.1. The SMILES string of the molecule is C=C.CCCCCCC(=O)C(C)Cc1ccc2sc3c(c(=O)c2c1)=CCCC=3.CCCCCO. The lowest BCUT2D eigenvalue weighted by Crippen LogP contribution is -2.38. The second kappa shape index (κ2) is 17.4. The van der Waals surface area contributed by atoms with Crippen molar-refractivity contribution < 1.29 is 9.90 Å². The zero-order valence-corrected chi connectivity index (χ0v) is 22.4. The molecule has 0 saturated heterocycles. The fraction of sp³-hybridized carbons (Fsp3) is 0.533. The van der Waals surface area contributed by atoms with Crippen LogP contribution in [0.4, 0.5) is 0 Å². The summed E-state index contributed by atoms with van der Waals surface area (Å²) in [6, 6.07) is 6.15. The largest absolute Gasteiger partial charge is 0.396 e. The van der Waals surface area contributed by atoms with E-state index in [9.17, 15) is 9.59 Å². The van der Waals surface area contributed by atoms with Crippen molar-refractivity contribution in [2.24, 2.45) is 5.92 Å². The van der Waals surface area contributed by atoms with Crippen LogP contribution in [0.5, 0.6) is 0 Å². The third kappa shape index (κ3) is 9.68. The van der Waals surface area contributed by atoms with Crippen LogP contribution in [0.3, 0.4) is 0 Å². The minimum absolute atomic E-state index is 0.0189. The molecule has 1 heterocycles. The van der Waals surface area contributed by atoms with E-state index in [2.05, 4.69) is 51.3 Å². The van der Waals surface area contributed by atoms with Crippen molar-refractivity contribution in [3.8, 4) is 0 Å². The Morgan fingerprint density at radius 2 is 1.71 bits per heavy atom. The van der Waals surface area contributed by atoms with Crippen molar-refractivity contribution >= 4 is 39.4 Å². The summed E-state index contributed by atoms with van der Waals surface area (Å²) in [6.45, 7) is 12.7. The van der Waals surface area contributed by atoms with Crippen molar-refractivity contribution in [1.29, 1.82) is 0 Å². The molecule has 1 unspecified atom stereocenters. The average molecular weight is 485 g/mol. The first-order valence-electron chi connectivity index (χ1n) is 12.9. The van der Waals surface area contributed by atoms with Gasteiger partial charge < -0.3 is 5.11 Å². The zero-order chi connectivity index (χ0) is 25.3. The molecular weight excluding hydrogens is 440 g/mol. The van der Waals surface area contributed by atoms with Crippen molar-refractivity contribution in [1.82, 2.24) is 0 Å². The quantitative estimate of drug-likeness (QED) is 0.300. The van der Waals surface area contributed by atoms with E-state index in [1.54, 1.807) is 11.3 Å². The molecular formula is C30H44O3S. The molecule has 0 spiro atoms. The highest BCUT2D eigenvalue weighted by Gasteiger charge is 2.14. The van der Waals surface area contributed by atoms with Gasteiger partial charge in [0.1, 0.15) is 5.78 Å². The maximum absolute atomic E-state index is 12.8. The van der Waals surface area contributed by atoms with Gasteiger partial charge in [0.25, 0.3) is 0 Å². The lowest BCUT2D eigenvalue weighted by molar-refractivity contribution is -0.122. The summed E-state index contributed by atoms with van der Waals surface area (Å²) in [5, 5.41) is 9.87. The van der Waals surface area contributed by atoms with E-state index in [1.807, 2.05) is 13.0 Å². The fourth-order valence-electron chi connectivity index (χ4n) is 3.99. The maximum Gasteiger partial charge on any atom is 0.195 e. The summed E-state index contributed by atoms with van der Waals surface area (Å²) >= 11 is 1.70. The van der Waals surface area contributed by atoms with Gasteiger partial charge in [0.05, 0.1) is 0 Å². The Bertz CT molecular complexity index is 1050. The van der Waals surface area contributed by atoms with Crippen LogP contribution < -0.4 is 15.2 Å². The molecule has 3 rings (SSSR count). The molecule has 0 bridgehead atoms. The predicted molar refractivity (Wildman–Crippen MR) is 150 cm³/mol. The van der Waals surface area contributed by atoms with Gasteiger partial charge in [0.2, 0.25) is 0 Å². The Morgan fingerprint density at radius 3 is 2.35 bits per heavy atom. The molecule has 0 amide bonds. The molecule has 1 N–H and O–H groups in total. The van der Waals surface area contributed by atoms with E-state index in [-0.39, 0.29) is 11.3 Å². The number of unbranched alkanes of at least 4 members (excludes halogenated alkanes) is 5. The van der Waals surface area contributed by atoms with E-state index < -0.39 is 0 Å². The van der Waals surface area contributed by atoms with Crippen LogP contribution in [-0.2, 0) is 11.2 Å². The van der Waals surface area contributed by atoms with Gasteiger partial charge in [-0.2, -0.15) is 0 Å². The molecule has 188 valence electrons. The van der Waals surface area contributed by atoms with Crippen molar-refractivity contribution in [3.63, 3.8) is 0 Å². The molecule has 0 aliphatic heterocycles. The normalized spacial score (nSPS) is 12.7. The molecule has 1 aromatic carbocycles. The standard InChI is InChI=1S/C23H28O2S.C5H12O.C2H4/c1-3-4-5-6-10-20(24)16(2)14-17-12-13-22-19(15-17)23(25)18-9-7-8-11-21(18)26-22;1-2-3-4-5-6;1-2/h9,11-13,15-16H,3-8,10,14H2,1-2H3;6H,2-5H2,1H3;1-2H2. The van der Waals surface area contributed by atoms with Gasteiger partial charge in [0.15, 0.2) is 5.43 Å². The van der Waals surface area contributed by atoms with Crippen molar-refractivity contribution in [2.45, 2.75) is 91.4 Å². The number of hydrogen-bond donors (Lipinski definition) is 1. The topological polar surface area (TPSA) is 54.4 Å². The monoisotopic (exact) mass is 484 g/mol. The summed E-state index contributed by atoms with van der Waals surface area (Å²) in [5.41, 5.74) is 1.24. The van der Waals surface area contributed by atoms with Crippen molar-refractivity contribution in [2.75, 3.05) is 6.61 Å². The van der Waals surface area contributed by atoms with Crippen LogP contribution in [0.2, 0.25) is 0 Å². The number of fused-ring (bicyclic) bond motifs is 2. The lowest BCUT2D eigenvalue weighted by Gasteiger charge is -2.11. The van der Waals surface area contributed by atoms with Crippen LogP contribution in [0.1, 0.15) is 90.5 Å². The summed E-state index contributed by atoms with van der Waals surface area (Å²) in [4.78, 5) is 25.2. The van der Waals surface area contributed by atoms with Gasteiger partial charge >= 0.3 is 0 Å². The molecule has 2 aromatic rings. The summed E-state index contributed by atoms with van der Waals surface area (Å²) in [7, 11) is 0. The molecule has 34 heavy (non-hydrogen) atoms. The number of hydrogen-bond acceptors (Lipinski definition) is 4. The van der Waals surface area contributed by atoms with Crippen LogP contribution >= 0.6 is 11.3 Å². The van der Waals surface area contributed by atoms with Crippen molar-refractivity contribution in [3.05, 3.63) is 56.9 Å². The zero-order valence-electron chi connectivity index (χ0n) is 21.5. The summed E-state index contributed by atoms with van der Waals surface area (Å²) in [6.07, 6.45) is 15.5. The second-order valence-electron chi connectivity index (χ2n) is 8.84. The maximum atomic E-state index is 12.8. The number of rotatable bonds is 11. The number of ketones is 1. The first-order chi connectivity index (χ1) is 16.5. The molecule has 4 heteroatoms. The van der Waals surface area contributed by atoms with Crippen LogP contribution in [0, 0.1) is 5.92 Å². The minimum atomic E-state index is 0.0189. The van der Waals surface area contributed by atoms with E-state index in [1.165, 1.54) is 19.3 Å². The Morgan fingerprint density at radius 1 is 1.03 bits per heavy atom. The Hall–Kier alpha value is -2.04. The first-order valence-corrected chi connectivity index (χ1v) is 13.7. The molecule has 1 aromatic heterocycles. The summed E-state index contributed by atoms with van der Waals surface area (Å²) in [5.74, 6) is 0.366. The van der Waals surface area contributed by atoms with E-state index in [4.69, 9.17) is 5.11 Å². The molecule has 0 radical (unpaired) electrons. The van der Waals surface area contributed by atoms with E-state index >= 15 is 0 Å². The van der Waals surface area contributed by atoms with Gasteiger partial charge in [-0.3, -0.25) is 9.59 Å². The highest BCUT2D eigenvalue weighted by Crippen LogP contribution is 2.19. The van der Waals surface area contributed by atoms with Crippen LogP contribution in [-0.4, -0.2) is 17.5 Å². The van der Waals surface area contributed by atoms with Gasteiger partial charge in [-0.25, -0.2) is 0 Å². The Balaban J connectivity index is 0.000000631. The Kier molecular flexibility index (Phi) is 15.4. The second-order valence-corrected chi connectivity index (χ2v) is 9.92. The highest BCUT2D eigenvalue weighted by molar-refractivity contribution is 7.16. The van der Waals surface area contributed by atoms with Crippen LogP contribution in [0.25, 0.3) is 22.2 Å². The molecule has 0 saturated carbocycles. The molecule has 0 fully saturated rings. The molecule has 3 nitrogen and oxygen atoms in total. The van der Waals surface area contributed by atoms with Gasteiger partial charge in [-0.05, 0) is 49.8 Å². The fourth-order valence-corrected chi connectivity index (χ4v) is 5.11. The number of aliphatic hydroxyl groups is 1. The average Bonchev–Trinajstić information content (AvgIpc) is 2.87. The third-order valence-corrected chi connectivity index (χ3v) is 7.18. The smallest absolute Gasteiger partial charge is 0.195 e. The Labute approximate surface area is 209 Å². The number of aliphatic hydroxyl groups excluding tert-OH is 1. The molecule has 1 atom stereocenters. The van der Waals surface area contributed by atoms with Gasteiger partial charge in [0, 0.05) is 38.8 Å². The summed E-state index contributed by atoms with van der Waals surface area (Å²) < 4.78 is 2.15. The molecule has 1 aliphatic carbocycles. The third-order valence-electron chi connectivity index (χ3n) is 5.99. The number of Topliss-reactive ketones (excluding diaryl/α,β-unsaturated/α-hetero) is 1. The number of carbonyl (C=O) groups excluding carboxylic acids is 1. The number of benzene rings is 1. The molecule has 1 aliphatic rings. The van der Waals surface area contributed by atoms with E-state index in [0.29, 0.717) is 18.8 Å². The van der Waals surface area contributed by atoms with Gasteiger partial charge in [-0.1, -0.05) is 71.1 Å². The first kappa shape index (κ1) is 30.0. The van der Waals surface area contributed by atoms with Gasteiger partial charge in [-0.15, -0.1) is 24.5 Å².